The zero-order valence-electron chi connectivity index (χ0n) is 18.6. The molecule has 0 bridgehead atoms. The molecule has 0 aliphatic carbocycles. The number of carbonyl (C=O) groups excluding carboxylic acids is 2. The first kappa shape index (κ1) is 24.3. The molecule has 0 saturated heterocycles. The van der Waals surface area contributed by atoms with Crippen molar-refractivity contribution in [3.63, 3.8) is 0 Å². The van der Waals surface area contributed by atoms with E-state index >= 15 is 0 Å². The fourth-order valence-electron chi connectivity index (χ4n) is 3.45. The van der Waals surface area contributed by atoms with Crippen LogP contribution in [0.3, 0.4) is 0 Å². The highest BCUT2D eigenvalue weighted by Crippen LogP contribution is 2.44. The minimum atomic E-state index is -3.89. The van der Waals surface area contributed by atoms with Gasteiger partial charge in [-0.25, -0.2) is 18.7 Å². The van der Waals surface area contributed by atoms with Crippen molar-refractivity contribution >= 4 is 27.7 Å². The van der Waals surface area contributed by atoms with E-state index in [2.05, 4.69) is 5.32 Å². The summed E-state index contributed by atoms with van der Waals surface area (Å²) < 4.78 is 38.2. The number of hydroxylamine groups is 1. The largest absolute Gasteiger partial charge is 0.492 e. The Labute approximate surface area is 192 Å². The van der Waals surface area contributed by atoms with Crippen molar-refractivity contribution in [1.29, 1.82) is 0 Å². The molecule has 33 heavy (non-hydrogen) atoms. The number of ether oxygens (including phenoxy) is 2. The topological polar surface area (TPSA) is 134 Å². The molecule has 1 atom stereocenters. The molecule has 1 aliphatic rings. The highest BCUT2D eigenvalue weighted by Gasteiger charge is 2.43. The predicted molar refractivity (Wildman–Crippen MR) is 120 cm³/mol. The van der Waals surface area contributed by atoms with Gasteiger partial charge in [-0.2, -0.15) is 0 Å². The van der Waals surface area contributed by atoms with Crippen LogP contribution in [0, 0.1) is 0 Å². The molecule has 0 spiro atoms. The zero-order chi connectivity index (χ0) is 24.2. The molecule has 0 aromatic heterocycles. The van der Waals surface area contributed by atoms with Crippen molar-refractivity contribution in [1.82, 2.24) is 10.8 Å². The van der Waals surface area contributed by atoms with Gasteiger partial charge in [-0.15, -0.1) is 0 Å². The number of sulfonamides is 1. The lowest BCUT2D eigenvalue weighted by Gasteiger charge is -2.25. The number of nitrogens with zero attached hydrogens (tertiary/aromatic N) is 1. The van der Waals surface area contributed by atoms with E-state index in [-0.39, 0.29) is 24.5 Å². The molecule has 3 N–H and O–H groups in total. The monoisotopic (exact) mass is 477 g/mol. The molecule has 178 valence electrons. The summed E-state index contributed by atoms with van der Waals surface area (Å²) in [5, 5.41) is 11.5. The van der Waals surface area contributed by atoms with Gasteiger partial charge in [-0.05, 0) is 56.7 Å². The Bertz CT molecular complexity index is 1110. The van der Waals surface area contributed by atoms with Crippen LogP contribution in [0.25, 0.3) is 0 Å². The summed E-state index contributed by atoms with van der Waals surface area (Å²) >= 11 is 0. The fourth-order valence-corrected chi connectivity index (χ4v) is 5.34. The Morgan fingerprint density at radius 2 is 1.76 bits per heavy atom. The second-order valence-electron chi connectivity index (χ2n) is 8.36. The van der Waals surface area contributed by atoms with E-state index in [4.69, 9.17) is 14.7 Å². The standard InChI is InChI=1S/C22H27N3O7S/c1-22(2,3)32-21(27)23-12-13-31-16-10-8-15(9-11-16)25-18(14-20(26)24-28)17-6-4-5-7-19(17)33(25,29)30/h4-11,18,28H,12-14H2,1-3H3,(H,23,27)(H,24,26). The first-order chi connectivity index (χ1) is 15.5. The molecule has 0 fully saturated rings. The van der Waals surface area contributed by atoms with Crippen LogP contribution < -0.4 is 19.8 Å². The Hall–Kier alpha value is -3.31. The van der Waals surface area contributed by atoms with E-state index in [0.717, 1.165) is 0 Å². The molecule has 0 saturated carbocycles. The minimum Gasteiger partial charge on any atom is -0.492 e. The number of amides is 2. The molecule has 0 radical (unpaired) electrons. The van der Waals surface area contributed by atoms with Gasteiger partial charge in [0.25, 0.3) is 10.0 Å². The summed E-state index contributed by atoms with van der Waals surface area (Å²) in [5.41, 5.74) is 1.80. The Kier molecular flexibility index (Phi) is 7.13. The van der Waals surface area contributed by atoms with Crippen LogP contribution in [-0.4, -0.2) is 44.4 Å². The van der Waals surface area contributed by atoms with Crippen LogP contribution in [-0.2, 0) is 19.6 Å². The number of alkyl carbamates (subject to hydrolysis) is 1. The number of anilines is 1. The quantitative estimate of drug-likeness (QED) is 0.317. The van der Waals surface area contributed by atoms with Gasteiger partial charge in [0.15, 0.2) is 0 Å². The maximum Gasteiger partial charge on any atom is 0.407 e. The van der Waals surface area contributed by atoms with E-state index in [1.165, 1.54) is 10.4 Å². The smallest absolute Gasteiger partial charge is 0.407 e. The van der Waals surface area contributed by atoms with Crippen molar-refractivity contribution in [2.75, 3.05) is 17.5 Å². The summed E-state index contributed by atoms with van der Waals surface area (Å²) in [5.74, 6) is -0.224. The number of carbonyl (C=O) groups is 2. The predicted octanol–water partition coefficient (Wildman–Crippen LogP) is 2.74. The van der Waals surface area contributed by atoms with Crippen LogP contribution >= 0.6 is 0 Å². The van der Waals surface area contributed by atoms with Crippen LogP contribution in [0.4, 0.5) is 10.5 Å². The second-order valence-corrected chi connectivity index (χ2v) is 10.1. The molecular formula is C22H27N3O7S. The van der Waals surface area contributed by atoms with E-state index in [1.807, 2.05) is 0 Å². The van der Waals surface area contributed by atoms with Gasteiger partial charge in [-0.3, -0.25) is 14.3 Å². The van der Waals surface area contributed by atoms with Gasteiger partial charge in [0.2, 0.25) is 5.91 Å². The minimum absolute atomic E-state index is 0.120. The van der Waals surface area contributed by atoms with Crippen LogP contribution in [0.2, 0.25) is 0 Å². The van der Waals surface area contributed by atoms with Crippen LogP contribution in [0.1, 0.15) is 38.8 Å². The normalized spacial score (nSPS) is 16.6. The van der Waals surface area contributed by atoms with Gasteiger partial charge in [-0.1, -0.05) is 18.2 Å². The van der Waals surface area contributed by atoms with Crippen LogP contribution in [0.15, 0.2) is 53.4 Å². The van der Waals surface area contributed by atoms with E-state index in [9.17, 15) is 18.0 Å². The van der Waals surface area contributed by atoms with Crippen molar-refractivity contribution in [2.45, 2.75) is 43.7 Å². The first-order valence-electron chi connectivity index (χ1n) is 10.3. The van der Waals surface area contributed by atoms with Gasteiger partial charge in [0.05, 0.1) is 29.6 Å². The highest BCUT2D eigenvalue weighted by molar-refractivity contribution is 7.93. The first-order valence-corrected chi connectivity index (χ1v) is 11.7. The van der Waals surface area contributed by atoms with E-state index < -0.39 is 33.7 Å². The van der Waals surface area contributed by atoms with Gasteiger partial charge in [0, 0.05) is 0 Å². The Morgan fingerprint density at radius 3 is 2.39 bits per heavy atom. The SMILES string of the molecule is CC(C)(C)OC(=O)NCCOc1ccc(N2C(CC(=O)NO)c3ccccc3S2(=O)=O)cc1. The maximum atomic E-state index is 13.2. The average Bonchev–Trinajstić information content (AvgIpc) is 2.97. The lowest BCUT2D eigenvalue weighted by molar-refractivity contribution is -0.129. The summed E-state index contributed by atoms with van der Waals surface area (Å²) in [6.45, 7) is 5.72. The molecule has 1 heterocycles. The molecule has 10 nitrogen and oxygen atoms in total. The van der Waals surface area contributed by atoms with Crippen molar-refractivity contribution in [3.05, 3.63) is 54.1 Å². The number of benzene rings is 2. The zero-order valence-corrected chi connectivity index (χ0v) is 19.4. The molecule has 2 aromatic rings. The molecule has 11 heteroatoms. The lowest BCUT2D eigenvalue weighted by Crippen LogP contribution is -2.34. The number of rotatable bonds is 7. The molecule has 2 amide bonds. The number of fused-ring (bicyclic) bond motifs is 1. The summed E-state index contributed by atoms with van der Waals surface area (Å²) in [6.07, 6.45) is -0.792. The summed E-state index contributed by atoms with van der Waals surface area (Å²) in [6, 6.07) is 12.0. The number of hydrogen-bond acceptors (Lipinski definition) is 7. The maximum absolute atomic E-state index is 13.2. The van der Waals surface area contributed by atoms with E-state index in [0.29, 0.717) is 17.0 Å². The van der Waals surface area contributed by atoms with Crippen molar-refractivity contribution in [3.8, 4) is 5.75 Å². The Balaban J connectivity index is 1.70. The number of nitrogens with one attached hydrogen (secondary N) is 2. The van der Waals surface area contributed by atoms with Gasteiger partial charge < -0.3 is 14.8 Å². The summed E-state index contributed by atoms with van der Waals surface area (Å²) in [7, 11) is -3.89. The molecule has 1 unspecified atom stereocenters. The van der Waals surface area contributed by atoms with Gasteiger partial charge >= 0.3 is 6.09 Å². The molecule has 3 rings (SSSR count). The highest BCUT2D eigenvalue weighted by atomic mass is 32.2. The fraction of sp³-hybridized carbons (Fsp3) is 0.364. The number of hydrogen-bond donors (Lipinski definition) is 3. The van der Waals surface area contributed by atoms with Crippen molar-refractivity contribution in [2.24, 2.45) is 0 Å². The third kappa shape index (κ3) is 5.74. The van der Waals surface area contributed by atoms with E-state index in [1.54, 1.807) is 68.7 Å². The third-order valence-electron chi connectivity index (χ3n) is 4.73. The lowest BCUT2D eigenvalue weighted by atomic mass is 10.0. The molecular weight excluding hydrogens is 450 g/mol. The third-order valence-corrected chi connectivity index (χ3v) is 6.64. The summed E-state index contributed by atoms with van der Waals surface area (Å²) in [4.78, 5) is 23.6. The molecule has 1 aliphatic heterocycles. The van der Waals surface area contributed by atoms with Crippen LogP contribution in [0.5, 0.6) is 5.75 Å². The Morgan fingerprint density at radius 1 is 1.09 bits per heavy atom. The molecule has 2 aromatic carbocycles. The average molecular weight is 478 g/mol. The van der Waals surface area contributed by atoms with Crippen molar-refractivity contribution < 1.29 is 32.7 Å². The second kappa shape index (κ2) is 9.67. The van der Waals surface area contributed by atoms with Gasteiger partial charge in [0.1, 0.15) is 18.0 Å².